The Morgan fingerprint density at radius 1 is 1.24 bits per heavy atom. The van der Waals surface area contributed by atoms with Gasteiger partial charge in [0, 0.05) is 18.0 Å². The zero-order chi connectivity index (χ0) is 17.2. The number of hydrogen-bond acceptors (Lipinski definition) is 3. The van der Waals surface area contributed by atoms with Gasteiger partial charge in [-0.1, -0.05) is 42.5 Å². The number of aliphatic hydroxyl groups excluding tert-OH is 1. The van der Waals surface area contributed by atoms with Crippen LogP contribution in [0, 0.1) is 0 Å². The molecule has 5 nitrogen and oxygen atoms in total. The van der Waals surface area contributed by atoms with Crippen LogP contribution in [0.4, 0.5) is 0 Å². The first-order chi connectivity index (χ1) is 12.2. The van der Waals surface area contributed by atoms with Gasteiger partial charge in [0.1, 0.15) is 0 Å². The highest BCUT2D eigenvalue weighted by molar-refractivity contribution is 6.05. The molecular formula is C20H21N3O2. The highest BCUT2D eigenvalue weighted by Crippen LogP contribution is 2.29. The van der Waals surface area contributed by atoms with Crippen molar-refractivity contribution in [3.63, 3.8) is 0 Å². The first-order valence-electron chi connectivity index (χ1n) is 8.70. The molecule has 2 N–H and O–H groups in total. The molecule has 3 aromatic rings. The van der Waals surface area contributed by atoms with Crippen LogP contribution >= 0.6 is 0 Å². The second kappa shape index (κ2) is 6.69. The summed E-state index contributed by atoms with van der Waals surface area (Å²) in [6.07, 6.45) is 3.63. The van der Waals surface area contributed by atoms with Gasteiger partial charge in [0.25, 0.3) is 5.91 Å². The van der Waals surface area contributed by atoms with E-state index in [-0.39, 0.29) is 11.9 Å². The van der Waals surface area contributed by atoms with Crippen LogP contribution in [0.25, 0.3) is 10.9 Å². The fourth-order valence-electron chi connectivity index (χ4n) is 3.72. The van der Waals surface area contributed by atoms with Gasteiger partial charge in [-0.15, -0.1) is 0 Å². The molecule has 0 radical (unpaired) electrons. The van der Waals surface area contributed by atoms with Gasteiger partial charge in [0.2, 0.25) is 0 Å². The molecule has 2 aromatic carbocycles. The summed E-state index contributed by atoms with van der Waals surface area (Å²) in [6, 6.07) is 15.4. The van der Waals surface area contributed by atoms with Crippen molar-refractivity contribution in [2.24, 2.45) is 0 Å². The number of likely N-dealkylation sites (tertiary alicyclic amines) is 1. The lowest BCUT2D eigenvalue weighted by Gasteiger charge is -2.27. The highest BCUT2D eigenvalue weighted by atomic mass is 16.3. The molecule has 0 spiro atoms. The summed E-state index contributed by atoms with van der Waals surface area (Å²) < 4.78 is 0. The highest BCUT2D eigenvalue weighted by Gasteiger charge is 2.32. The van der Waals surface area contributed by atoms with Crippen LogP contribution in [0.15, 0.2) is 54.7 Å². The number of benzene rings is 2. The number of carbonyl (C=O) groups excluding carboxylic acids is 1. The number of hydrogen-bond donors (Lipinski definition) is 2. The van der Waals surface area contributed by atoms with Crippen molar-refractivity contribution >= 4 is 16.8 Å². The number of rotatable bonds is 4. The maximum absolute atomic E-state index is 13.1. The third kappa shape index (κ3) is 3.03. The van der Waals surface area contributed by atoms with Crippen molar-refractivity contribution in [1.82, 2.24) is 15.1 Å². The molecule has 1 aromatic heterocycles. The second-order valence-corrected chi connectivity index (χ2v) is 6.60. The first kappa shape index (κ1) is 15.8. The topological polar surface area (TPSA) is 69.2 Å². The fourth-order valence-corrected chi connectivity index (χ4v) is 3.72. The average molecular weight is 335 g/mol. The molecule has 0 saturated carbocycles. The molecule has 128 valence electrons. The Bertz CT molecular complexity index is 875. The Morgan fingerprint density at radius 3 is 2.92 bits per heavy atom. The average Bonchev–Trinajstić information content (AvgIpc) is 3.30. The Balaban J connectivity index is 1.55. The summed E-state index contributed by atoms with van der Waals surface area (Å²) in [7, 11) is 0. The molecule has 0 aliphatic carbocycles. The number of amides is 1. The van der Waals surface area contributed by atoms with Gasteiger partial charge in [-0.3, -0.25) is 9.89 Å². The maximum atomic E-state index is 13.1. The molecular weight excluding hydrogens is 314 g/mol. The number of para-hydroxylation sites is 1. The quantitative estimate of drug-likeness (QED) is 0.769. The van der Waals surface area contributed by atoms with Crippen molar-refractivity contribution < 1.29 is 9.90 Å². The summed E-state index contributed by atoms with van der Waals surface area (Å²) in [6.45, 7) is 0.732. The minimum atomic E-state index is -0.553. The van der Waals surface area contributed by atoms with Gasteiger partial charge in [-0.05, 0) is 30.9 Å². The maximum Gasteiger partial charge on any atom is 0.256 e. The van der Waals surface area contributed by atoms with E-state index in [0.717, 1.165) is 35.9 Å². The van der Waals surface area contributed by atoms with Crippen LogP contribution in [0.3, 0.4) is 0 Å². The Labute approximate surface area is 146 Å². The molecule has 2 atom stereocenters. The van der Waals surface area contributed by atoms with Gasteiger partial charge in [0.05, 0.1) is 23.4 Å². The van der Waals surface area contributed by atoms with Crippen molar-refractivity contribution in [1.29, 1.82) is 0 Å². The summed E-state index contributed by atoms with van der Waals surface area (Å²) in [4.78, 5) is 15.0. The molecule has 25 heavy (non-hydrogen) atoms. The second-order valence-electron chi connectivity index (χ2n) is 6.60. The molecule has 1 aliphatic heterocycles. The van der Waals surface area contributed by atoms with Crippen LogP contribution in [0.1, 0.15) is 41.3 Å². The zero-order valence-electron chi connectivity index (χ0n) is 13.9. The lowest BCUT2D eigenvalue weighted by molar-refractivity contribution is 0.0669. The molecule has 0 bridgehead atoms. The number of nitrogens with zero attached hydrogens (tertiary/aromatic N) is 2. The van der Waals surface area contributed by atoms with Gasteiger partial charge < -0.3 is 10.0 Å². The van der Waals surface area contributed by atoms with E-state index < -0.39 is 6.10 Å². The number of aliphatic hydroxyl groups is 1. The van der Waals surface area contributed by atoms with Gasteiger partial charge in [-0.25, -0.2) is 0 Å². The molecule has 0 unspecified atom stereocenters. The van der Waals surface area contributed by atoms with Gasteiger partial charge in [0.15, 0.2) is 0 Å². The van der Waals surface area contributed by atoms with Crippen LogP contribution in [-0.2, 0) is 0 Å². The van der Waals surface area contributed by atoms with E-state index in [2.05, 4.69) is 10.2 Å². The van der Waals surface area contributed by atoms with E-state index >= 15 is 0 Å². The largest absolute Gasteiger partial charge is 0.388 e. The smallest absolute Gasteiger partial charge is 0.256 e. The lowest BCUT2D eigenvalue weighted by atomic mass is 10.00. The van der Waals surface area contributed by atoms with E-state index in [9.17, 15) is 9.90 Å². The van der Waals surface area contributed by atoms with E-state index in [4.69, 9.17) is 0 Å². The molecule has 1 aliphatic rings. The van der Waals surface area contributed by atoms with Crippen molar-refractivity contribution in [2.45, 2.75) is 31.4 Å². The predicted molar refractivity (Wildman–Crippen MR) is 96.2 cm³/mol. The van der Waals surface area contributed by atoms with Crippen LogP contribution in [-0.4, -0.2) is 38.7 Å². The summed E-state index contributed by atoms with van der Waals surface area (Å²) in [5.74, 6) is 0.0117. The van der Waals surface area contributed by atoms with E-state index in [0.29, 0.717) is 12.0 Å². The Kier molecular flexibility index (Phi) is 4.24. The molecule has 5 heteroatoms. The van der Waals surface area contributed by atoms with Crippen molar-refractivity contribution in [2.75, 3.05) is 6.54 Å². The molecule has 1 saturated heterocycles. The fraction of sp³-hybridized carbons (Fsp3) is 0.300. The monoisotopic (exact) mass is 335 g/mol. The summed E-state index contributed by atoms with van der Waals surface area (Å²) >= 11 is 0. The van der Waals surface area contributed by atoms with Crippen molar-refractivity contribution in [3.05, 3.63) is 65.9 Å². The lowest BCUT2D eigenvalue weighted by Crippen LogP contribution is -2.36. The zero-order valence-corrected chi connectivity index (χ0v) is 13.9. The summed E-state index contributed by atoms with van der Waals surface area (Å²) in [5, 5.41) is 18.4. The minimum absolute atomic E-state index is 0.0117. The molecule has 4 rings (SSSR count). The Morgan fingerprint density at radius 2 is 2.08 bits per heavy atom. The minimum Gasteiger partial charge on any atom is -0.388 e. The number of nitrogens with one attached hydrogen (secondary N) is 1. The number of carbonyl (C=O) groups is 1. The normalized spacial score (nSPS) is 18.6. The van der Waals surface area contributed by atoms with Crippen LogP contribution < -0.4 is 0 Å². The van der Waals surface area contributed by atoms with Crippen molar-refractivity contribution in [3.8, 4) is 0 Å². The third-order valence-corrected chi connectivity index (χ3v) is 5.02. The standard InChI is InChI=1S/C20H21N3O2/c24-18(14-6-2-1-3-7-14)12-16-9-5-11-23(16)20(25)17-10-4-8-15-13-21-22-19(15)17/h1-4,6-8,10,13,16,18,24H,5,9,11-12H2,(H,21,22)/t16-,18+/m1/s1. The van der Waals surface area contributed by atoms with E-state index in [1.807, 2.05) is 53.4 Å². The number of aromatic nitrogens is 2. The molecule has 1 amide bonds. The third-order valence-electron chi connectivity index (χ3n) is 5.02. The number of aromatic amines is 1. The van der Waals surface area contributed by atoms with E-state index in [1.165, 1.54) is 0 Å². The summed E-state index contributed by atoms with van der Waals surface area (Å²) in [5.41, 5.74) is 2.33. The van der Waals surface area contributed by atoms with Crippen LogP contribution in [0.5, 0.6) is 0 Å². The number of H-pyrrole nitrogens is 1. The van der Waals surface area contributed by atoms with Gasteiger partial charge in [-0.2, -0.15) is 5.10 Å². The van der Waals surface area contributed by atoms with Crippen LogP contribution in [0.2, 0.25) is 0 Å². The number of fused-ring (bicyclic) bond motifs is 1. The first-order valence-corrected chi connectivity index (χ1v) is 8.70. The Hall–Kier alpha value is -2.66. The molecule has 1 fully saturated rings. The SMILES string of the molecule is O=C(c1cccc2cn[nH]c12)N1CCC[C@@H]1C[C@H](O)c1ccccc1. The predicted octanol–water partition coefficient (Wildman–Crippen LogP) is 3.29. The molecule has 2 heterocycles. The van der Waals surface area contributed by atoms with E-state index in [1.54, 1.807) is 6.20 Å². The van der Waals surface area contributed by atoms with Gasteiger partial charge >= 0.3 is 0 Å².